The fourth-order valence-corrected chi connectivity index (χ4v) is 2.04. The van der Waals surface area contributed by atoms with Gasteiger partial charge in [0.05, 0.1) is 5.56 Å². The molecule has 1 aliphatic rings. The first kappa shape index (κ1) is 12.8. The Bertz CT molecular complexity index is 384. The topological polar surface area (TPSA) is 58.1 Å². The van der Waals surface area contributed by atoms with Crippen molar-refractivity contribution in [1.82, 2.24) is 15.3 Å². The van der Waals surface area contributed by atoms with Gasteiger partial charge in [-0.15, -0.1) is 0 Å². The summed E-state index contributed by atoms with van der Waals surface area (Å²) >= 11 is 0. The van der Waals surface area contributed by atoms with E-state index in [-0.39, 0.29) is 5.91 Å². The van der Waals surface area contributed by atoms with E-state index in [1.165, 1.54) is 19.3 Å². The molecule has 5 heteroatoms. The van der Waals surface area contributed by atoms with E-state index in [0.29, 0.717) is 12.1 Å². The monoisotopic (exact) mass is 248 g/mol. The van der Waals surface area contributed by atoms with Gasteiger partial charge in [0.15, 0.2) is 0 Å². The normalized spacial score (nSPS) is 15.5. The molecule has 0 aliphatic carbocycles. The molecule has 1 N–H and O–H groups in total. The summed E-state index contributed by atoms with van der Waals surface area (Å²) in [5.41, 5.74) is 0.532. The van der Waals surface area contributed by atoms with Crippen molar-refractivity contribution < 1.29 is 4.79 Å². The van der Waals surface area contributed by atoms with Crippen molar-refractivity contribution in [3.05, 3.63) is 18.0 Å². The molecule has 0 saturated carbocycles. The molecule has 0 bridgehead atoms. The second kappa shape index (κ2) is 6.33. The van der Waals surface area contributed by atoms with Crippen LogP contribution in [0.15, 0.2) is 12.4 Å². The van der Waals surface area contributed by atoms with Crippen molar-refractivity contribution in [2.24, 2.45) is 0 Å². The number of amides is 1. The van der Waals surface area contributed by atoms with Crippen molar-refractivity contribution in [2.75, 3.05) is 24.5 Å². The van der Waals surface area contributed by atoms with Crippen molar-refractivity contribution in [3.63, 3.8) is 0 Å². The first-order valence-electron chi connectivity index (χ1n) is 6.66. The van der Waals surface area contributed by atoms with Gasteiger partial charge in [0.2, 0.25) is 5.95 Å². The number of hydrogen-bond acceptors (Lipinski definition) is 4. The highest BCUT2D eigenvalue weighted by molar-refractivity contribution is 5.93. The molecule has 1 aromatic heterocycles. The van der Waals surface area contributed by atoms with E-state index in [0.717, 1.165) is 25.5 Å². The van der Waals surface area contributed by atoms with Crippen LogP contribution in [0.4, 0.5) is 5.95 Å². The predicted molar refractivity (Wildman–Crippen MR) is 70.7 cm³/mol. The van der Waals surface area contributed by atoms with Crippen LogP contribution in [0.25, 0.3) is 0 Å². The second-order valence-corrected chi connectivity index (χ2v) is 4.58. The average Bonchev–Trinajstić information content (AvgIpc) is 2.46. The van der Waals surface area contributed by atoms with E-state index >= 15 is 0 Å². The zero-order valence-corrected chi connectivity index (χ0v) is 10.9. The Morgan fingerprint density at radius 1 is 1.28 bits per heavy atom. The van der Waals surface area contributed by atoms with Gasteiger partial charge in [0.25, 0.3) is 5.91 Å². The lowest BCUT2D eigenvalue weighted by molar-refractivity contribution is 0.0953. The molecule has 0 aromatic carbocycles. The van der Waals surface area contributed by atoms with Crippen LogP contribution >= 0.6 is 0 Å². The quantitative estimate of drug-likeness (QED) is 0.879. The largest absolute Gasteiger partial charge is 0.352 e. The van der Waals surface area contributed by atoms with Crippen LogP contribution in [0.3, 0.4) is 0 Å². The summed E-state index contributed by atoms with van der Waals surface area (Å²) in [5.74, 6) is 0.642. The van der Waals surface area contributed by atoms with E-state index in [1.807, 2.05) is 6.92 Å². The number of aromatic nitrogens is 2. The molecule has 1 amide bonds. The van der Waals surface area contributed by atoms with Crippen molar-refractivity contribution in [2.45, 2.75) is 32.6 Å². The number of piperidine rings is 1. The fourth-order valence-electron chi connectivity index (χ4n) is 2.04. The highest BCUT2D eigenvalue weighted by atomic mass is 16.1. The minimum Gasteiger partial charge on any atom is -0.352 e. The van der Waals surface area contributed by atoms with Crippen molar-refractivity contribution in [1.29, 1.82) is 0 Å². The Hall–Kier alpha value is -1.65. The van der Waals surface area contributed by atoms with Gasteiger partial charge < -0.3 is 10.2 Å². The summed E-state index contributed by atoms with van der Waals surface area (Å²) in [6, 6.07) is 0. The van der Waals surface area contributed by atoms with Gasteiger partial charge in [0.1, 0.15) is 0 Å². The van der Waals surface area contributed by atoms with Gasteiger partial charge in [-0.1, -0.05) is 6.92 Å². The minimum absolute atomic E-state index is 0.0953. The third kappa shape index (κ3) is 3.18. The lowest BCUT2D eigenvalue weighted by Gasteiger charge is -2.26. The molecule has 1 aromatic rings. The lowest BCUT2D eigenvalue weighted by atomic mass is 10.1. The number of anilines is 1. The number of hydrogen-bond donors (Lipinski definition) is 1. The maximum Gasteiger partial charge on any atom is 0.254 e. The van der Waals surface area contributed by atoms with Crippen LogP contribution in [0.1, 0.15) is 43.0 Å². The van der Waals surface area contributed by atoms with Crippen LogP contribution < -0.4 is 10.2 Å². The highest BCUT2D eigenvalue weighted by Gasteiger charge is 2.14. The molecular weight excluding hydrogens is 228 g/mol. The third-order valence-corrected chi connectivity index (χ3v) is 3.07. The van der Waals surface area contributed by atoms with E-state index in [1.54, 1.807) is 12.4 Å². The Morgan fingerprint density at radius 2 is 1.94 bits per heavy atom. The van der Waals surface area contributed by atoms with Gasteiger partial charge in [-0.25, -0.2) is 9.97 Å². The molecular formula is C13H20N4O. The van der Waals surface area contributed by atoms with Crippen LogP contribution in [0.5, 0.6) is 0 Å². The van der Waals surface area contributed by atoms with E-state index in [4.69, 9.17) is 0 Å². The molecule has 0 spiro atoms. The Balaban J connectivity index is 1.98. The number of nitrogens with zero attached hydrogens (tertiary/aromatic N) is 3. The highest BCUT2D eigenvalue weighted by Crippen LogP contribution is 2.14. The zero-order chi connectivity index (χ0) is 12.8. The Labute approximate surface area is 108 Å². The van der Waals surface area contributed by atoms with E-state index in [2.05, 4.69) is 20.2 Å². The molecule has 0 atom stereocenters. The van der Waals surface area contributed by atoms with Crippen LogP contribution in [0, 0.1) is 0 Å². The summed E-state index contributed by atoms with van der Waals surface area (Å²) in [6.45, 7) is 4.74. The maximum absolute atomic E-state index is 11.7. The summed E-state index contributed by atoms with van der Waals surface area (Å²) in [6.07, 6.45) is 7.83. The SMILES string of the molecule is CCCNC(=O)c1cnc(N2CCCCC2)nc1. The van der Waals surface area contributed by atoms with Gasteiger partial charge in [-0.05, 0) is 25.7 Å². The molecule has 2 rings (SSSR count). The molecule has 1 saturated heterocycles. The number of nitrogens with one attached hydrogen (secondary N) is 1. The van der Waals surface area contributed by atoms with E-state index < -0.39 is 0 Å². The molecule has 2 heterocycles. The van der Waals surface area contributed by atoms with Gasteiger partial charge in [-0.2, -0.15) is 0 Å². The predicted octanol–water partition coefficient (Wildman–Crippen LogP) is 1.61. The number of carbonyl (C=O) groups is 1. The standard InChI is InChI=1S/C13H20N4O/c1-2-6-14-12(18)11-9-15-13(16-10-11)17-7-4-3-5-8-17/h9-10H,2-8H2,1H3,(H,14,18). The Morgan fingerprint density at radius 3 is 2.56 bits per heavy atom. The van der Waals surface area contributed by atoms with Crippen LogP contribution in [-0.2, 0) is 0 Å². The molecule has 1 aliphatic heterocycles. The molecule has 0 radical (unpaired) electrons. The van der Waals surface area contributed by atoms with E-state index in [9.17, 15) is 4.79 Å². The molecule has 1 fully saturated rings. The lowest BCUT2D eigenvalue weighted by Crippen LogP contribution is -2.31. The van der Waals surface area contributed by atoms with Gasteiger partial charge >= 0.3 is 0 Å². The Kier molecular flexibility index (Phi) is 4.50. The molecule has 0 unspecified atom stereocenters. The smallest absolute Gasteiger partial charge is 0.254 e. The summed E-state index contributed by atoms with van der Waals surface area (Å²) < 4.78 is 0. The summed E-state index contributed by atoms with van der Waals surface area (Å²) in [4.78, 5) is 22.4. The van der Waals surface area contributed by atoms with Gasteiger partial charge in [-0.3, -0.25) is 4.79 Å². The summed E-state index contributed by atoms with van der Waals surface area (Å²) in [5, 5.41) is 2.82. The average molecular weight is 248 g/mol. The molecule has 18 heavy (non-hydrogen) atoms. The zero-order valence-electron chi connectivity index (χ0n) is 10.9. The van der Waals surface area contributed by atoms with Gasteiger partial charge in [0, 0.05) is 32.0 Å². The van der Waals surface area contributed by atoms with Crippen molar-refractivity contribution >= 4 is 11.9 Å². The number of carbonyl (C=O) groups excluding carboxylic acids is 1. The molecule has 98 valence electrons. The molecule has 5 nitrogen and oxygen atoms in total. The first-order chi connectivity index (χ1) is 8.81. The summed E-state index contributed by atoms with van der Waals surface area (Å²) in [7, 11) is 0. The first-order valence-corrected chi connectivity index (χ1v) is 6.66. The second-order valence-electron chi connectivity index (χ2n) is 4.58. The maximum atomic E-state index is 11.7. The minimum atomic E-state index is -0.0953. The fraction of sp³-hybridized carbons (Fsp3) is 0.615. The van der Waals surface area contributed by atoms with Crippen LogP contribution in [-0.4, -0.2) is 35.5 Å². The third-order valence-electron chi connectivity index (χ3n) is 3.07. The van der Waals surface area contributed by atoms with Crippen molar-refractivity contribution in [3.8, 4) is 0 Å². The van der Waals surface area contributed by atoms with Crippen LogP contribution in [0.2, 0.25) is 0 Å². The number of rotatable bonds is 4.